The molecule has 0 unspecified atom stereocenters. The fourth-order valence-corrected chi connectivity index (χ4v) is 2.25. The van der Waals surface area contributed by atoms with E-state index in [-0.39, 0.29) is 24.7 Å². The van der Waals surface area contributed by atoms with Gasteiger partial charge in [0.25, 0.3) is 0 Å². The van der Waals surface area contributed by atoms with Gasteiger partial charge < -0.3 is 20.5 Å². The number of ether oxygens (including phenoxy) is 2. The van der Waals surface area contributed by atoms with Crippen molar-refractivity contribution in [2.75, 3.05) is 25.5 Å². The number of nitrogens with two attached hydrogens (primary N) is 1. The van der Waals surface area contributed by atoms with Gasteiger partial charge in [0.2, 0.25) is 0 Å². The number of ketones is 1. The normalized spacial score (nSPS) is 10.1. The Balaban J connectivity index is 2.33. The number of benzene rings is 2. The minimum absolute atomic E-state index is 0.148. The second kappa shape index (κ2) is 8.69. The van der Waals surface area contributed by atoms with E-state index in [4.69, 9.17) is 15.2 Å². The van der Waals surface area contributed by atoms with Crippen LogP contribution >= 0.6 is 0 Å². The van der Waals surface area contributed by atoms with Crippen LogP contribution in [0, 0.1) is 0 Å². The second-order valence-corrected chi connectivity index (χ2v) is 4.94. The summed E-state index contributed by atoms with van der Waals surface area (Å²) in [7, 11) is 1.69. The van der Waals surface area contributed by atoms with E-state index in [0.29, 0.717) is 29.9 Å². The highest BCUT2D eigenvalue weighted by molar-refractivity contribution is 6.02. The number of hydrogen-bond donors (Lipinski definition) is 2. The molecule has 0 saturated carbocycles. The Morgan fingerprint density at radius 3 is 2.54 bits per heavy atom. The summed E-state index contributed by atoms with van der Waals surface area (Å²) in [6.45, 7) is 0.0549. The van der Waals surface area contributed by atoms with E-state index >= 15 is 0 Å². The molecule has 0 amide bonds. The molecule has 0 bridgehead atoms. The number of aldehydes is 1. The summed E-state index contributed by atoms with van der Waals surface area (Å²) in [5.74, 6) is 0.517. The van der Waals surface area contributed by atoms with Gasteiger partial charge >= 0.3 is 0 Å². The predicted octanol–water partition coefficient (Wildman–Crippen LogP) is 2.03. The van der Waals surface area contributed by atoms with Crippen molar-refractivity contribution in [2.45, 2.75) is 6.61 Å². The zero-order chi connectivity index (χ0) is 17.4. The molecule has 6 heteroatoms. The molecule has 0 aliphatic rings. The van der Waals surface area contributed by atoms with Crippen molar-refractivity contribution >= 4 is 17.8 Å². The second-order valence-electron chi connectivity index (χ2n) is 4.94. The quantitative estimate of drug-likeness (QED) is 0.541. The van der Waals surface area contributed by atoms with Crippen LogP contribution in [-0.4, -0.2) is 32.3 Å². The fraction of sp³-hybridized carbons (Fsp3) is 0.222. The number of carbonyl (C=O) groups is 2. The third-order valence-corrected chi connectivity index (χ3v) is 3.39. The number of hydrogen-bond acceptors (Lipinski definition) is 6. The van der Waals surface area contributed by atoms with Crippen LogP contribution in [0.2, 0.25) is 0 Å². The molecular formula is C18H20N2O4. The highest BCUT2D eigenvalue weighted by Crippen LogP contribution is 2.38. The van der Waals surface area contributed by atoms with Crippen LogP contribution in [0.15, 0.2) is 42.5 Å². The lowest BCUT2D eigenvalue weighted by Crippen LogP contribution is -2.16. The summed E-state index contributed by atoms with van der Waals surface area (Å²) < 4.78 is 11.3. The summed E-state index contributed by atoms with van der Waals surface area (Å²) in [6, 6.07) is 13.0. The molecule has 0 radical (unpaired) electrons. The molecule has 0 aliphatic heterocycles. The number of carbonyl (C=O) groups excluding carboxylic acids is 2. The number of nitrogens with one attached hydrogen (secondary N) is 1. The number of anilines is 1. The van der Waals surface area contributed by atoms with E-state index in [1.165, 1.54) is 0 Å². The maximum Gasteiger partial charge on any atom is 0.180 e. The first-order valence-corrected chi connectivity index (χ1v) is 7.52. The first-order chi connectivity index (χ1) is 11.7. The molecule has 0 fully saturated rings. The zero-order valence-corrected chi connectivity index (χ0v) is 13.5. The van der Waals surface area contributed by atoms with Crippen LogP contribution in [0.5, 0.6) is 11.5 Å². The van der Waals surface area contributed by atoms with Gasteiger partial charge in [-0.15, -0.1) is 0 Å². The first-order valence-electron chi connectivity index (χ1n) is 7.52. The Kier molecular flexibility index (Phi) is 6.33. The van der Waals surface area contributed by atoms with Crippen molar-refractivity contribution in [1.29, 1.82) is 0 Å². The SMILES string of the molecule is CNc1c(OCc2ccccc2)ccc(C(=O)CN)c1OCC=O. The third kappa shape index (κ3) is 4.11. The van der Waals surface area contributed by atoms with Crippen LogP contribution in [0.4, 0.5) is 5.69 Å². The van der Waals surface area contributed by atoms with Crippen LogP contribution in [-0.2, 0) is 11.4 Å². The molecule has 0 saturated heterocycles. The molecule has 3 N–H and O–H groups in total. The van der Waals surface area contributed by atoms with E-state index in [0.717, 1.165) is 5.56 Å². The van der Waals surface area contributed by atoms with Gasteiger partial charge in [-0.3, -0.25) is 9.59 Å². The molecule has 2 rings (SSSR count). The molecule has 0 aromatic heterocycles. The van der Waals surface area contributed by atoms with Crippen molar-refractivity contribution in [3.63, 3.8) is 0 Å². The van der Waals surface area contributed by atoms with E-state index in [9.17, 15) is 9.59 Å². The topological polar surface area (TPSA) is 90.7 Å². The van der Waals surface area contributed by atoms with Crippen LogP contribution < -0.4 is 20.5 Å². The third-order valence-electron chi connectivity index (χ3n) is 3.39. The lowest BCUT2D eigenvalue weighted by Gasteiger charge is -2.18. The summed E-state index contributed by atoms with van der Waals surface area (Å²) in [6.07, 6.45) is 0.619. The average molecular weight is 328 g/mol. The number of Topliss-reactive ketones (excluding diaryl/α,β-unsaturated/α-hetero) is 1. The molecule has 2 aromatic rings. The lowest BCUT2D eigenvalue weighted by molar-refractivity contribution is -0.109. The van der Waals surface area contributed by atoms with Crippen molar-refractivity contribution < 1.29 is 19.1 Å². The highest BCUT2D eigenvalue weighted by atomic mass is 16.5. The van der Waals surface area contributed by atoms with Crippen molar-refractivity contribution in [3.8, 4) is 11.5 Å². The highest BCUT2D eigenvalue weighted by Gasteiger charge is 2.19. The molecular weight excluding hydrogens is 308 g/mol. The molecule has 0 heterocycles. The van der Waals surface area contributed by atoms with Crippen LogP contribution in [0.3, 0.4) is 0 Å². The van der Waals surface area contributed by atoms with E-state index in [1.54, 1.807) is 19.2 Å². The molecule has 6 nitrogen and oxygen atoms in total. The molecule has 0 atom stereocenters. The Morgan fingerprint density at radius 2 is 1.92 bits per heavy atom. The number of rotatable bonds is 9. The average Bonchev–Trinajstić information content (AvgIpc) is 2.64. The lowest BCUT2D eigenvalue weighted by atomic mass is 10.1. The Hall–Kier alpha value is -2.86. The smallest absolute Gasteiger partial charge is 0.180 e. The molecule has 0 spiro atoms. The van der Waals surface area contributed by atoms with Gasteiger partial charge in [0.05, 0.1) is 12.1 Å². The van der Waals surface area contributed by atoms with Gasteiger partial charge in [-0.05, 0) is 17.7 Å². The molecule has 0 aliphatic carbocycles. The summed E-state index contributed by atoms with van der Waals surface area (Å²) in [5.41, 5.74) is 7.27. The predicted molar refractivity (Wildman–Crippen MR) is 91.7 cm³/mol. The zero-order valence-electron chi connectivity index (χ0n) is 13.5. The van der Waals surface area contributed by atoms with Crippen molar-refractivity contribution in [2.24, 2.45) is 5.73 Å². The molecule has 24 heavy (non-hydrogen) atoms. The van der Waals surface area contributed by atoms with Gasteiger partial charge in [0, 0.05) is 7.05 Å². The minimum Gasteiger partial charge on any atom is -0.487 e. The molecule has 2 aromatic carbocycles. The fourth-order valence-electron chi connectivity index (χ4n) is 2.25. The Bertz CT molecular complexity index is 702. The summed E-state index contributed by atoms with van der Waals surface area (Å²) in [5, 5.41) is 2.97. The summed E-state index contributed by atoms with van der Waals surface area (Å²) in [4.78, 5) is 22.6. The summed E-state index contributed by atoms with van der Waals surface area (Å²) >= 11 is 0. The van der Waals surface area contributed by atoms with E-state index in [2.05, 4.69) is 5.32 Å². The van der Waals surface area contributed by atoms with Gasteiger partial charge in [-0.2, -0.15) is 0 Å². The van der Waals surface area contributed by atoms with Gasteiger partial charge in [0.1, 0.15) is 24.7 Å². The van der Waals surface area contributed by atoms with Crippen molar-refractivity contribution in [3.05, 3.63) is 53.6 Å². The minimum atomic E-state index is -0.276. The first kappa shape index (κ1) is 17.5. The Morgan fingerprint density at radius 1 is 1.17 bits per heavy atom. The van der Waals surface area contributed by atoms with Gasteiger partial charge in [0.15, 0.2) is 17.8 Å². The van der Waals surface area contributed by atoms with Crippen LogP contribution in [0.25, 0.3) is 0 Å². The maximum atomic E-state index is 12.0. The Labute approximate surface area is 140 Å². The van der Waals surface area contributed by atoms with E-state index < -0.39 is 0 Å². The standard InChI is InChI=1S/C18H20N2O4/c1-20-17-16(24-12-13-5-3-2-4-6-13)8-7-14(15(22)11-19)18(17)23-10-9-21/h2-9,20H,10-12,19H2,1H3. The van der Waals surface area contributed by atoms with E-state index in [1.807, 2.05) is 30.3 Å². The van der Waals surface area contributed by atoms with Crippen LogP contribution in [0.1, 0.15) is 15.9 Å². The maximum absolute atomic E-state index is 12.0. The van der Waals surface area contributed by atoms with Gasteiger partial charge in [-0.25, -0.2) is 0 Å². The molecule has 126 valence electrons. The monoisotopic (exact) mass is 328 g/mol. The van der Waals surface area contributed by atoms with Gasteiger partial charge in [-0.1, -0.05) is 30.3 Å². The largest absolute Gasteiger partial charge is 0.487 e. The van der Waals surface area contributed by atoms with Crippen molar-refractivity contribution in [1.82, 2.24) is 0 Å².